The summed E-state index contributed by atoms with van der Waals surface area (Å²) in [6.45, 7) is 4.15. The molecule has 3 heteroatoms. The minimum absolute atomic E-state index is 0.746. The first-order valence-electron chi connectivity index (χ1n) is 4.14. The third-order valence-electron chi connectivity index (χ3n) is 1.74. The van der Waals surface area contributed by atoms with E-state index in [0.717, 1.165) is 25.4 Å². The fourth-order valence-corrected chi connectivity index (χ4v) is 1.99. The van der Waals surface area contributed by atoms with Gasteiger partial charge >= 0.3 is 0 Å². The zero-order chi connectivity index (χ0) is 8.81. The van der Waals surface area contributed by atoms with E-state index in [4.69, 9.17) is 11.6 Å². The summed E-state index contributed by atoms with van der Waals surface area (Å²) in [7, 11) is 0. The summed E-state index contributed by atoms with van der Waals surface area (Å²) in [5.41, 5.74) is 1.39. The van der Waals surface area contributed by atoms with Gasteiger partial charge in [0.2, 0.25) is 0 Å². The average molecular weight is 204 g/mol. The number of alkyl halides is 1. The van der Waals surface area contributed by atoms with E-state index < -0.39 is 0 Å². The van der Waals surface area contributed by atoms with Gasteiger partial charge in [-0.1, -0.05) is 0 Å². The largest absolute Gasteiger partial charge is 0.312 e. The molecule has 1 nitrogen and oxygen atoms in total. The highest BCUT2D eigenvalue weighted by molar-refractivity contribution is 7.10. The molecule has 0 atom stereocenters. The lowest BCUT2D eigenvalue weighted by Crippen LogP contribution is -2.14. The van der Waals surface area contributed by atoms with Gasteiger partial charge in [0.25, 0.3) is 0 Å². The molecule has 0 saturated carbocycles. The predicted octanol–water partition coefficient (Wildman–Crippen LogP) is 2.78. The number of halogens is 1. The van der Waals surface area contributed by atoms with Gasteiger partial charge in [0.1, 0.15) is 0 Å². The molecule has 1 N–H and O–H groups in total. The van der Waals surface area contributed by atoms with Gasteiger partial charge in [-0.25, -0.2) is 0 Å². The van der Waals surface area contributed by atoms with Crippen molar-refractivity contribution in [2.24, 2.45) is 0 Å². The molecule has 0 saturated heterocycles. The van der Waals surface area contributed by atoms with Crippen molar-refractivity contribution in [3.05, 3.63) is 21.9 Å². The first kappa shape index (κ1) is 10.0. The zero-order valence-electron chi connectivity index (χ0n) is 7.27. The van der Waals surface area contributed by atoms with Crippen LogP contribution in [0.1, 0.15) is 16.9 Å². The average Bonchev–Trinajstić information content (AvgIpc) is 2.46. The van der Waals surface area contributed by atoms with Crippen molar-refractivity contribution >= 4 is 22.9 Å². The van der Waals surface area contributed by atoms with Crippen molar-refractivity contribution in [2.45, 2.75) is 19.9 Å². The summed E-state index contributed by atoms with van der Waals surface area (Å²) in [5, 5.41) is 5.49. The number of hydrogen-bond donors (Lipinski definition) is 1. The highest BCUT2D eigenvalue weighted by Gasteiger charge is 1.97. The monoisotopic (exact) mass is 203 g/mol. The van der Waals surface area contributed by atoms with Crippen LogP contribution in [0.25, 0.3) is 0 Å². The minimum atomic E-state index is 0.746. The molecule has 0 aliphatic heterocycles. The van der Waals surface area contributed by atoms with E-state index in [0.29, 0.717) is 0 Å². The summed E-state index contributed by atoms with van der Waals surface area (Å²) in [4.78, 5) is 1.43. The molecule has 0 spiro atoms. The second-order valence-corrected chi connectivity index (χ2v) is 4.12. The van der Waals surface area contributed by atoms with Crippen LogP contribution in [0.15, 0.2) is 11.4 Å². The number of hydrogen-bond acceptors (Lipinski definition) is 2. The highest BCUT2D eigenvalue weighted by atomic mass is 35.5. The smallest absolute Gasteiger partial charge is 0.0302 e. The van der Waals surface area contributed by atoms with Gasteiger partial charge in [0.15, 0.2) is 0 Å². The Kier molecular flexibility index (Phi) is 4.66. The van der Waals surface area contributed by atoms with Gasteiger partial charge < -0.3 is 5.32 Å². The Morgan fingerprint density at radius 1 is 1.58 bits per heavy atom. The fourth-order valence-electron chi connectivity index (χ4n) is 0.979. The summed E-state index contributed by atoms with van der Waals surface area (Å²) in [5.74, 6) is 0.746. The molecule has 0 aliphatic rings. The van der Waals surface area contributed by atoms with Gasteiger partial charge in [0, 0.05) is 17.3 Å². The molecule has 0 aliphatic carbocycles. The van der Waals surface area contributed by atoms with Crippen molar-refractivity contribution in [1.29, 1.82) is 0 Å². The van der Waals surface area contributed by atoms with E-state index in [1.54, 1.807) is 0 Å². The van der Waals surface area contributed by atoms with Gasteiger partial charge in [-0.2, -0.15) is 0 Å². The van der Waals surface area contributed by atoms with Crippen LogP contribution in [0.2, 0.25) is 0 Å². The molecule has 0 fully saturated rings. The molecule has 0 aromatic carbocycles. The van der Waals surface area contributed by atoms with Crippen molar-refractivity contribution in [3.8, 4) is 0 Å². The Balaban J connectivity index is 2.20. The van der Waals surface area contributed by atoms with E-state index in [2.05, 4.69) is 23.7 Å². The standard InChI is InChI=1S/C9H14ClNS/c1-8-3-6-12-9(8)7-11-5-2-4-10/h3,6,11H,2,4-5,7H2,1H3. The Bertz CT molecular complexity index is 222. The quantitative estimate of drug-likeness (QED) is 0.573. The van der Waals surface area contributed by atoms with Gasteiger partial charge in [-0.15, -0.1) is 22.9 Å². The van der Waals surface area contributed by atoms with Crippen molar-refractivity contribution < 1.29 is 0 Å². The Morgan fingerprint density at radius 2 is 2.42 bits per heavy atom. The Hall–Kier alpha value is -0.0500. The van der Waals surface area contributed by atoms with Crippen LogP contribution in [-0.2, 0) is 6.54 Å². The highest BCUT2D eigenvalue weighted by Crippen LogP contribution is 2.14. The van der Waals surface area contributed by atoms with Gasteiger partial charge in [-0.3, -0.25) is 0 Å². The second kappa shape index (κ2) is 5.57. The lowest BCUT2D eigenvalue weighted by molar-refractivity contribution is 0.682. The van der Waals surface area contributed by atoms with Crippen LogP contribution >= 0.6 is 22.9 Å². The summed E-state index contributed by atoms with van der Waals surface area (Å²) < 4.78 is 0. The molecule has 1 aromatic heterocycles. The minimum Gasteiger partial charge on any atom is -0.312 e. The van der Waals surface area contributed by atoms with E-state index in [1.807, 2.05) is 11.3 Å². The van der Waals surface area contributed by atoms with Crippen LogP contribution < -0.4 is 5.32 Å². The van der Waals surface area contributed by atoms with Crippen molar-refractivity contribution in [3.63, 3.8) is 0 Å². The van der Waals surface area contributed by atoms with Gasteiger partial charge in [0.05, 0.1) is 0 Å². The molecule has 12 heavy (non-hydrogen) atoms. The summed E-state index contributed by atoms with van der Waals surface area (Å²) >= 11 is 7.37. The van der Waals surface area contributed by atoms with E-state index in [1.165, 1.54) is 10.4 Å². The second-order valence-electron chi connectivity index (χ2n) is 2.75. The third kappa shape index (κ3) is 3.13. The molecule has 0 amide bonds. The Morgan fingerprint density at radius 3 is 3.00 bits per heavy atom. The number of aryl methyl sites for hydroxylation is 1. The van der Waals surface area contributed by atoms with E-state index in [9.17, 15) is 0 Å². The maximum absolute atomic E-state index is 5.56. The lowest BCUT2D eigenvalue weighted by atomic mass is 10.3. The van der Waals surface area contributed by atoms with Crippen LogP contribution in [0.4, 0.5) is 0 Å². The molecule has 0 radical (unpaired) electrons. The molecular weight excluding hydrogens is 190 g/mol. The maximum atomic E-state index is 5.56. The van der Waals surface area contributed by atoms with Crippen molar-refractivity contribution in [1.82, 2.24) is 5.32 Å². The molecule has 1 aromatic rings. The first-order chi connectivity index (χ1) is 5.84. The maximum Gasteiger partial charge on any atom is 0.0302 e. The van der Waals surface area contributed by atoms with Gasteiger partial charge in [-0.05, 0) is 36.9 Å². The van der Waals surface area contributed by atoms with Crippen LogP contribution in [-0.4, -0.2) is 12.4 Å². The Labute approximate surface area is 82.7 Å². The molecule has 1 rings (SSSR count). The normalized spacial score (nSPS) is 10.5. The van der Waals surface area contributed by atoms with E-state index >= 15 is 0 Å². The number of thiophene rings is 1. The van der Waals surface area contributed by atoms with Crippen molar-refractivity contribution in [2.75, 3.05) is 12.4 Å². The van der Waals surface area contributed by atoms with E-state index in [-0.39, 0.29) is 0 Å². The molecule has 0 bridgehead atoms. The summed E-state index contributed by atoms with van der Waals surface area (Å²) in [6.07, 6.45) is 1.05. The lowest BCUT2D eigenvalue weighted by Gasteiger charge is -2.01. The molecular formula is C9H14ClNS. The predicted molar refractivity (Wildman–Crippen MR) is 56.1 cm³/mol. The van der Waals surface area contributed by atoms with Crippen LogP contribution in [0.5, 0.6) is 0 Å². The number of rotatable bonds is 5. The van der Waals surface area contributed by atoms with Crippen LogP contribution in [0, 0.1) is 6.92 Å². The zero-order valence-corrected chi connectivity index (χ0v) is 8.84. The summed E-state index contributed by atoms with van der Waals surface area (Å²) in [6, 6.07) is 2.16. The van der Waals surface area contributed by atoms with Crippen LogP contribution in [0.3, 0.4) is 0 Å². The SMILES string of the molecule is Cc1ccsc1CNCCCCl. The molecule has 68 valence electrons. The molecule has 0 unspecified atom stereocenters. The third-order valence-corrected chi connectivity index (χ3v) is 3.03. The fraction of sp³-hybridized carbons (Fsp3) is 0.556. The topological polar surface area (TPSA) is 12.0 Å². The molecule has 1 heterocycles. The first-order valence-corrected chi connectivity index (χ1v) is 5.55. The number of nitrogens with one attached hydrogen (secondary N) is 1.